The van der Waals surface area contributed by atoms with Crippen molar-refractivity contribution in [2.75, 3.05) is 10.6 Å². The zero-order valence-electron chi connectivity index (χ0n) is 18.1. The van der Waals surface area contributed by atoms with Crippen molar-refractivity contribution < 1.29 is 14.5 Å². The molecule has 8 nitrogen and oxygen atoms in total. The normalized spacial score (nSPS) is 11.5. The highest BCUT2D eigenvalue weighted by molar-refractivity contribution is 7.78. The van der Waals surface area contributed by atoms with E-state index >= 15 is 0 Å². The van der Waals surface area contributed by atoms with E-state index in [2.05, 4.69) is 37.3 Å². The third kappa shape index (κ3) is 5.89. The molecule has 1 unspecified atom stereocenters. The van der Waals surface area contributed by atoms with E-state index in [9.17, 15) is 19.7 Å². The Morgan fingerprint density at radius 2 is 1.48 bits per heavy atom. The molecule has 3 rings (SSSR count). The number of para-hydroxylation sites is 2. The summed E-state index contributed by atoms with van der Waals surface area (Å²) in [5.41, 5.74) is 1.97. The number of rotatable bonds is 7. The van der Waals surface area contributed by atoms with Gasteiger partial charge in [0.2, 0.25) is 0 Å². The average Bonchev–Trinajstić information content (AvgIpc) is 2.80. The van der Waals surface area contributed by atoms with Gasteiger partial charge in [0.25, 0.3) is 11.6 Å². The number of carbonyl (C=O) groups is 2. The molecule has 9 heteroatoms. The van der Waals surface area contributed by atoms with Gasteiger partial charge >= 0.3 is 6.03 Å². The monoisotopic (exact) mass is 464 g/mol. The first-order chi connectivity index (χ1) is 15.8. The Kier molecular flexibility index (Phi) is 7.68. The minimum Gasteiger partial charge on any atom is -0.324 e. The highest BCUT2D eigenvalue weighted by Gasteiger charge is 2.31. The molecule has 0 aliphatic rings. The van der Waals surface area contributed by atoms with Gasteiger partial charge in [0.1, 0.15) is 11.7 Å². The summed E-state index contributed by atoms with van der Waals surface area (Å²) in [6.45, 7) is 4.15. The third-order valence-corrected chi connectivity index (χ3v) is 5.42. The summed E-state index contributed by atoms with van der Waals surface area (Å²) in [6, 6.07) is 20.0. The maximum atomic E-state index is 13.2. The molecule has 0 aromatic heterocycles. The molecule has 2 N–H and O–H groups in total. The number of hydrogen-bond donors (Lipinski definition) is 3. The molecule has 0 saturated heterocycles. The molecule has 3 amide bonds. The second-order valence-electron chi connectivity index (χ2n) is 7.63. The molecule has 3 aromatic carbocycles. The lowest BCUT2D eigenvalue weighted by Gasteiger charge is -2.26. The number of benzene rings is 3. The van der Waals surface area contributed by atoms with Crippen molar-refractivity contribution in [1.82, 2.24) is 4.31 Å². The molecule has 0 heterocycles. The molecule has 1 atom stereocenters. The molecule has 0 bridgehead atoms. The quantitative estimate of drug-likeness (QED) is 0.234. The molecule has 0 saturated carbocycles. The Balaban J connectivity index is 1.85. The third-order valence-electron chi connectivity index (χ3n) is 5.00. The van der Waals surface area contributed by atoms with Crippen molar-refractivity contribution in [2.45, 2.75) is 25.8 Å². The maximum Gasteiger partial charge on any atom is 0.332 e. The van der Waals surface area contributed by atoms with E-state index in [1.54, 1.807) is 48.5 Å². The van der Waals surface area contributed by atoms with Crippen molar-refractivity contribution in [3.8, 4) is 0 Å². The Hall–Kier alpha value is -3.85. The number of nitro groups is 1. The van der Waals surface area contributed by atoms with Gasteiger partial charge in [-0.25, -0.2) is 4.79 Å². The molecular weight excluding hydrogens is 440 g/mol. The van der Waals surface area contributed by atoms with Crippen molar-refractivity contribution in [1.29, 1.82) is 0 Å². The van der Waals surface area contributed by atoms with Crippen molar-refractivity contribution in [3.63, 3.8) is 0 Å². The first-order valence-electron chi connectivity index (χ1n) is 10.3. The summed E-state index contributed by atoms with van der Waals surface area (Å²) >= 11 is 4.29. The minimum absolute atomic E-state index is 0.00282. The van der Waals surface area contributed by atoms with Gasteiger partial charge in [0, 0.05) is 11.8 Å². The van der Waals surface area contributed by atoms with E-state index in [0.717, 1.165) is 9.87 Å². The Morgan fingerprint density at radius 3 is 2.09 bits per heavy atom. The van der Waals surface area contributed by atoms with E-state index in [1.807, 2.05) is 12.1 Å². The summed E-state index contributed by atoms with van der Waals surface area (Å²) in [5, 5.41) is 16.6. The summed E-state index contributed by atoms with van der Waals surface area (Å²) in [6.07, 6.45) is 0. The maximum absolute atomic E-state index is 13.2. The van der Waals surface area contributed by atoms with E-state index in [0.29, 0.717) is 17.2 Å². The number of amides is 3. The second-order valence-corrected chi connectivity index (χ2v) is 8.06. The molecule has 33 heavy (non-hydrogen) atoms. The number of nitro benzene ring substituents is 1. The van der Waals surface area contributed by atoms with Gasteiger partial charge in [-0.05, 0) is 35.2 Å². The lowest BCUT2D eigenvalue weighted by molar-refractivity contribution is -0.383. The standard InChI is InChI=1S/C24H24N4O4S/c1-16(2)17-12-14-19(15-13-17)25-23(29)22(18-8-4-3-5-9-18)27(33)24(30)26-20-10-6-7-11-21(20)28(31)32/h3-16,22,33H,1-2H3,(H,25,29)(H,26,30). The van der Waals surface area contributed by atoms with Crippen molar-refractivity contribution in [3.05, 3.63) is 100 Å². The van der Waals surface area contributed by atoms with Crippen LogP contribution >= 0.6 is 12.8 Å². The minimum atomic E-state index is -1.10. The van der Waals surface area contributed by atoms with Crippen LogP contribution in [0, 0.1) is 10.1 Å². The van der Waals surface area contributed by atoms with Gasteiger partial charge in [-0.2, -0.15) is 0 Å². The van der Waals surface area contributed by atoms with E-state index in [4.69, 9.17) is 0 Å². The lowest BCUT2D eigenvalue weighted by atomic mass is 10.0. The number of nitrogens with zero attached hydrogens (tertiary/aromatic N) is 2. The number of thiol groups is 1. The molecule has 0 aliphatic carbocycles. The van der Waals surface area contributed by atoms with Gasteiger partial charge in [-0.15, -0.1) is 0 Å². The smallest absolute Gasteiger partial charge is 0.324 e. The summed E-state index contributed by atoms with van der Waals surface area (Å²) in [4.78, 5) is 36.8. The Labute approximate surface area is 197 Å². The van der Waals surface area contributed by atoms with Crippen LogP contribution < -0.4 is 10.6 Å². The SMILES string of the molecule is CC(C)c1ccc(NC(=O)C(c2ccccc2)N(S)C(=O)Nc2ccccc2[N+](=O)[O-])cc1. The van der Waals surface area contributed by atoms with Gasteiger partial charge in [0.15, 0.2) is 0 Å². The van der Waals surface area contributed by atoms with E-state index in [-0.39, 0.29) is 11.4 Å². The van der Waals surface area contributed by atoms with Gasteiger partial charge in [-0.1, -0.05) is 81.3 Å². The van der Waals surface area contributed by atoms with Crippen LogP contribution in [0.4, 0.5) is 21.9 Å². The van der Waals surface area contributed by atoms with Crippen LogP contribution in [-0.2, 0) is 4.79 Å². The van der Waals surface area contributed by atoms with Gasteiger partial charge < -0.3 is 10.6 Å². The van der Waals surface area contributed by atoms with Crippen LogP contribution in [0.5, 0.6) is 0 Å². The predicted octanol–water partition coefficient (Wildman–Crippen LogP) is 5.78. The summed E-state index contributed by atoms with van der Waals surface area (Å²) in [7, 11) is 0. The molecule has 0 fully saturated rings. The topological polar surface area (TPSA) is 105 Å². The predicted molar refractivity (Wildman–Crippen MR) is 131 cm³/mol. The Morgan fingerprint density at radius 1 is 0.879 bits per heavy atom. The molecule has 0 spiro atoms. The van der Waals surface area contributed by atoms with Crippen LogP contribution in [0.25, 0.3) is 0 Å². The number of nitrogens with one attached hydrogen (secondary N) is 2. The number of carbonyl (C=O) groups excluding carboxylic acids is 2. The number of anilines is 2. The zero-order chi connectivity index (χ0) is 24.0. The lowest BCUT2D eigenvalue weighted by Crippen LogP contribution is -2.38. The number of hydrogen-bond acceptors (Lipinski definition) is 5. The van der Waals surface area contributed by atoms with Crippen molar-refractivity contribution in [2.24, 2.45) is 0 Å². The second kappa shape index (κ2) is 10.6. The summed E-state index contributed by atoms with van der Waals surface area (Å²) in [5.74, 6) is -0.128. The van der Waals surface area contributed by atoms with Crippen molar-refractivity contribution >= 4 is 41.8 Å². The van der Waals surface area contributed by atoms with Crippen LogP contribution in [-0.4, -0.2) is 21.2 Å². The Bertz CT molecular complexity index is 1140. The number of urea groups is 1. The first-order valence-corrected chi connectivity index (χ1v) is 10.7. The molecule has 0 aliphatic heterocycles. The zero-order valence-corrected chi connectivity index (χ0v) is 19.0. The fourth-order valence-electron chi connectivity index (χ4n) is 3.23. The molecule has 0 radical (unpaired) electrons. The molecule has 170 valence electrons. The molecular formula is C24H24N4O4S. The van der Waals surface area contributed by atoms with Crippen LogP contribution in [0.3, 0.4) is 0 Å². The molecule has 3 aromatic rings. The first kappa shape index (κ1) is 23.8. The average molecular weight is 465 g/mol. The fourth-order valence-corrected chi connectivity index (χ4v) is 3.52. The highest BCUT2D eigenvalue weighted by atomic mass is 32.1. The summed E-state index contributed by atoms with van der Waals surface area (Å²) < 4.78 is 0.921. The highest BCUT2D eigenvalue weighted by Crippen LogP contribution is 2.28. The van der Waals surface area contributed by atoms with Crippen LogP contribution in [0.15, 0.2) is 78.9 Å². The van der Waals surface area contributed by atoms with Gasteiger partial charge in [0.05, 0.1) is 4.92 Å². The fraction of sp³-hybridized carbons (Fsp3) is 0.167. The van der Waals surface area contributed by atoms with Crippen LogP contribution in [0.1, 0.15) is 36.9 Å². The van der Waals surface area contributed by atoms with Gasteiger partial charge in [-0.3, -0.25) is 19.2 Å². The largest absolute Gasteiger partial charge is 0.332 e. The van der Waals surface area contributed by atoms with E-state index < -0.39 is 22.9 Å². The van der Waals surface area contributed by atoms with Crippen LogP contribution in [0.2, 0.25) is 0 Å². The van der Waals surface area contributed by atoms with E-state index in [1.165, 1.54) is 18.2 Å².